The van der Waals surface area contributed by atoms with Gasteiger partial charge in [-0.1, -0.05) is 0 Å². The lowest BCUT2D eigenvalue weighted by Crippen LogP contribution is -2.45. The third kappa shape index (κ3) is 5.28. The molecule has 162 valence electrons. The van der Waals surface area contributed by atoms with Crippen LogP contribution in [0.1, 0.15) is 6.92 Å². The van der Waals surface area contributed by atoms with Gasteiger partial charge in [-0.2, -0.15) is 0 Å². The van der Waals surface area contributed by atoms with E-state index in [9.17, 15) is 17.6 Å². The second-order valence-electron chi connectivity index (χ2n) is 7.54. The second kappa shape index (κ2) is 9.01. The summed E-state index contributed by atoms with van der Waals surface area (Å²) in [5.41, 5.74) is 1.89. The molecule has 1 atom stereocenters. The largest absolute Gasteiger partial charge is 0.369 e. The smallest absolute Gasteiger partial charge is 0.247 e. The number of sulfonamides is 1. The summed E-state index contributed by atoms with van der Waals surface area (Å²) in [6.07, 6.45) is 1.02. The number of hydrogen-bond acceptors (Lipinski definition) is 5. The lowest BCUT2D eigenvalue weighted by Gasteiger charge is -2.34. The van der Waals surface area contributed by atoms with Crippen LogP contribution in [0.3, 0.4) is 0 Å². The van der Waals surface area contributed by atoms with Crippen molar-refractivity contribution in [3.63, 3.8) is 0 Å². The molecule has 3 rings (SSSR count). The molecule has 2 aromatic carbocycles. The molecular formula is C21H27FN4O3S. The number of benzene rings is 2. The number of rotatable bonds is 6. The normalized spacial score (nSPS) is 16.2. The van der Waals surface area contributed by atoms with Crippen LogP contribution in [0.5, 0.6) is 0 Å². The van der Waals surface area contributed by atoms with E-state index >= 15 is 0 Å². The highest BCUT2D eigenvalue weighted by Crippen LogP contribution is 2.23. The van der Waals surface area contributed by atoms with Crippen molar-refractivity contribution in [2.24, 2.45) is 0 Å². The Morgan fingerprint density at radius 3 is 2.13 bits per heavy atom. The minimum atomic E-state index is -3.75. The number of carbonyl (C=O) groups excluding carboxylic acids is 1. The minimum absolute atomic E-state index is 0.229. The molecule has 1 aliphatic heterocycles. The Morgan fingerprint density at radius 2 is 1.60 bits per heavy atom. The predicted octanol–water partition coefficient (Wildman–Crippen LogP) is 2.37. The van der Waals surface area contributed by atoms with E-state index in [1.807, 2.05) is 12.1 Å². The van der Waals surface area contributed by atoms with E-state index < -0.39 is 27.8 Å². The Morgan fingerprint density at radius 1 is 1.03 bits per heavy atom. The van der Waals surface area contributed by atoms with Crippen LogP contribution in [0.15, 0.2) is 48.5 Å². The van der Waals surface area contributed by atoms with Crippen molar-refractivity contribution in [3.8, 4) is 0 Å². The zero-order chi connectivity index (χ0) is 21.9. The van der Waals surface area contributed by atoms with Gasteiger partial charge in [0.2, 0.25) is 15.9 Å². The van der Waals surface area contributed by atoms with Gasteiger partial charge in [0.05, 0.1) is 11.9 Å². The highest BCUT2D eigenvalue weighted by Gasteiger charge is 2.29. The van der Waals surface area contributed by atoms with Gasteiger partial charge < -0.3 is 15.1 Å². The van der Waals surface area contributed by atoms with E-state index in [1.54, 1.807) is 12.1 Å². The fourth-order valence-electron chi connectivity index (χ4n) is 3.46. The lowest BCUT2D eigenvalue weighted by atomic mass is 10.2. The molecule has 0 aromatic heterocycles. The van der Waals surface area contributed by atoms with Crippen LogP contribution in [0.25, 0.3) is 0 Å². The van der Waals surface area contributed by atoms with Gasteiger partial charge in [0.1, 0.15) is 11.9 Å². The number of piperazine rings is 1. The molecule has 2 aromatic rings. The fourth-order valence-corrected chi connectivity index (χ4v) is 4.64. The molecule has 7 nitrogen and oxygen atoms in total. The molecule has 0 bridgehead atoms. The van der Waals surface area contributed by atoms with Gasteiger partial charge in [0.25, 0.3) is 0 Å². The molecule has 0 saturated carbocycles. The maximum atomic E-state index is 13.2. The Hall–Kier alpha value is -2.65. The number of carbonyl (C=O) groups is 1. The van der Waals surface area contributed by atoms with E-state index in [0.717, 1.165) is 54.6 Å². The van der Waals surface area contributed by atoms with Crippen LogP contribution in [0.4, 0.5) is 21.5 Å². The maximum Gasteiger partial charge on any atom is 0.247 e. The molecule has 1 saturated heterocycles. The molecule has 0 aliphatic carbocycles. The summed E-state index contributed by atoms with van der Waals surface area (Å²) in [5.74, 6) is -0.957. The molecule has 30 heavy (non-hydrogen) atoms. The monoisotopic (exact) mass is 434 g/mol. The summed E-state index contributed by atoms with van der Waals surface area (Å²) in [6, 6.07) is 11.5. The fraction of sp³-hybridized carbons (Fsp3) is 0.381. The van der Waals surface area contributed by atoms with E-state index in [4.69, 9.17) is 0 Å². The number of halogens is 1. The van der Waals surface area contributed by atoms with Gasteiger partial charge >= 0.3 is 0 Å². The zero-order valence-electron chi connectivity index (χ0n) is 17.4. The maximum absolute atomic E-state index is 13.2. The SMILES string of the molecule is C[C@H](C(=O)Nc1ccc(N2CCN(C)CC2)cc1)N(c1ccc(F)cc1)S(C)(=O)=O. The minimum Gasteiger partial charge on any atom is -0.369 e. The summed E-state index contributed by atoms with van der Waals surface area (Å²) in [7, 11) is -1.65. The summed E-state index contributed by atoms with van der Waals surface area (Å²) >= 11 is 0. The van der Waals surface area contributed by atoms with Crippen molar-refractivity contribution < 1.29 is 17.6 Å². The Balaban J connectivity index is 1.71. The topological polar surface area (TPSA) is 73.0 Å². The Labute approximate surface area is 177 Å². The highest BCUT2D eigenvalue weighted by molar-refractivity contribution is 7.92. The molecule has 0 unspecified atom stereocenters. The van der Waals surface area contributed by atoms with Crippen LogP contribution >= 0.6 is 0 Å². The molecule has 1 heterocycles. The first kappa shape index (κ1) is 22.0. The molecule has 0 spiro atoms. The lowest BCUT2D eigenvalue weighted by molar-refractivity contribution is -0.116. The van der Waals surface area contributed by atoms with Gasteiger partial charge in [-0.15, -0.1) is 0 Å². The van der Waals surface area contributed by atoms with Crippen LogP contribution in [0, 0.1) is 5.82 Å². The molecular weight excluding hydrogens is 407 g/mol. The van der Waals surface area contributed by atoms with Gasteiger partial charge in [-0.3, -0.25) is 9.10 Å². The average molecular weight is 435 g/mol. The first-order valence-electron chi connectivity index (χ1n) is 9.74. The molecule has 0 radical (unpaired) electrons. The molecule has 9 heteroatoms. The molecule has 1 amide bonds. The van der Waals surface area contributed by atoms with Crippen LogP contribution in [-0.2, 0) is 14.8 Å². The number of amides is 1. The number of likely N-dealkylation sites (N-methyl/N-ethyl adjacent to an activating group) is 1. The van der Waals surface area contributed by atoms with Crippen LogP contribution in [0.2, 0.25) is 0 Å². The third-order valence-corrected chi connectivity index (χ3v) is 6.41. The molecule has 1 N–H and O–H groups in total. The number of anilines is 3. The van der Waals surface area contributed by atoms with Gasteiger partial charge in [-0.25, -0.2) is 12.8 Å². The Kier molecular flexibility index (Phi) is 6.62. The number of hydrogen-bond donors (Lipinski definition) is 1. The number of nitrogens with one attached hydrogen (secondary N) is 1. The van der Waals surface area contributed by atoms with Crippen molar-refractivity contribution >= 4 is 33.0 Å². The van der Waals surface area contributed by atoms with Crippen LogP contribution < -0.4 is 14.5 Å². The first-order chi connectivity index (χ1) is 14.1. The van der Waals surface area contributed by atoms with Crippen molar-refractivity contribution in [2.75, 3.05) is 54.0 Å². The highest BCUT2D eigenvalue weighted by atomic mass is 32.2. The van der Waals surface area contributed by atoms with Crippen molar-refractivity contribution in [3.05, 3.63) is 54.3 Å². The van der Waals surface area contributed by atoms with Crippen LogP contribution in [-0.4, -0.2) is 64.7 Å². The quantitative estimate of drug-likeness (QED) is 0.756. The number of nitrogens with zero attached hydrogens (tertiary/aromatic N) is 3. The predicted molar refractivity (Wildman–Crippen MR) is 118 cm³/mol. The summed E-state index contributed by atoms with van der Waals surface area (Å²) in [6.45, 7) is 5.39. The Bertz CT molecular complexity index is 972. The van der Waals surface area contributed by atoms with Crippen molar-refractivity contribution in [1.29, 1.82) is 0 Å². The van der Waals surface area contributed by atoms with Gasteiger partial charge in [-0.05, 0) is 62.5 Å². The van der Waals surface area contributed by atoms with E-state index in [0.29, 0.717) is 5.69 Å². The molecule has 1 fully saturated rings. The standard InChI is InChI=1S/C21H27FN4O3S/c1-16(26(30(3,28)29)20-8-4-17(22)5-9-20)21(27)23-18-6-10-19(11-7-18)25-14-12-24(2)13-15-25/h4-11,16H,12-15H2,1-3H3,(H,23,27)/t16-/m1/s1. The van der Waals surface area contributed by atoms with Gasteiger partial charge in [0, 0.05) is 37.6 Å². The second-order valence-corrected chi connectivity index (χ2v) is 9.40. The van der Waals surface area contributed by atoms with E-state index in [2.05, 4.69) is 22.2 Å². The zero-order valence-corrected chi connectivity index (χ0v) is 18.2. The summed E-state index contributed by atoms with van der Waals surface area (Å²) < 4.78 is 38.8. The van der Waals surface area contributed by atoms with Crippen molar-refractivity contribution in [2.45, 2.75) is 13.0 Å². The average Bonchev–Trinajstić information content (AvgIpc) is 2.70. The summed E-state index contributed by atoms with van der Waals surface area (Å²) in [5, 5.41) is 2.77. The van der Waals surface area contributed by atoms with Crippen molar-refractivity contribution in [1.82, 2.24) is 4.90 Å². The summed E-state index contributed by atoms with van der Waals surface area (Å²) in [4.78, 5) is 17.3. The van der Waals surface area contributed by atoms with Gasteiger partial charge in [0.15, 0.2) is 0 Å². The molecule has 1 aliphatic rings. The third-order valence-electron chi connectivity index (χ3n) is 5.17. The van der Waals surface area contributed by atoms with E-state index in [-0.39, 0.29) is 5.69 Å². The van der Waals surface area contributed by atoms with E-state index in [1.165, 1.54) is 19.1 Å². The first-order valence-corrected chi connectivity index (χ1v) is 11.6.